The Labute approximate surface area is 65.2 Å². The molecule has 1 rings (SSSR count). The van der Waals surface area contributed by atoms with Gasteiger partial charge in [-0.15, -0.1) is 0 Å². The lowest BCUT2D eigenvalue weighted by atomic mass is 10.5. The fourth-order valence-corrected chi connectivity index (χ4v) is 0.718. The van der Waals surface area contributed by atoms with Gasteiger partial charge in [0, 0.05) is 12.1 Å². The van der Waals surface area contributed by atoms with Crippen molar-refractivity contribution in [2.75, 3.05) is 6.61 Å². The van der Waals surface area contributed by atoms with Gasteiger partial charge in [-0.25, -0.2) is 0 Å². The average molecular weight is 152 g/mol. The third-order valence-corrected chi connectivity index (χ3v) is 1.19. The van der Waals surface area contributed by atoms with Crippen LogP contribution in [-0.4, -0.2) is 12.7 Å². The maximum Gasteiger partial charge on any atom is 0.601 e. The normalized spacial score (nSPS) is 9.18. The van der Waals surface area contributed by atoms with Crippen molar-refractivity contribution in [2.24, 2.45) is 0 Å². The maximum absolute atomic E-state index is 11.0. The fraction of sp³-hybridized carbons (Fsp3) is 0.250. The summed E-state index contributed by atoms with van der Waals surface area (Å²) in [4.78, 5) is 11.0. The zero-order valence-corrected chi connectivity index (χ0v) is 6.36. The van der Waals surface area contributed by atoms with E-state index in [1.54, 1.807) is 31.5 Å². The molecule has 0 fully saturated rings. The van der Waals surface area contributed by atoms with Crippen molar-refractivity contribution in [2.45, 2.75) is 6.92 Å². The van der Waals surface area contributed by atoms with Crippen molar-refractivity contribution in [1.29, 1.82) is 0 Å². The molecule has 3 nitrogen and oxygen atoms in total. The zero-order chi connectivity index (χ0) is 8.10. The molecular formula is C8H10NO2+. The SMILES string of the molecule is CCOC(=O)[n+]1ccccc1. The summed E-state index contributed by atoms with van der Waals surface area (Å²) in [7, 11) is 0. The Morgan fingerprint density at radius 1 is 1.36 bits per heavy atom. The molecule has 11 heavy (non-hydrogen) atoms. The Kier molecular flexibility index (Phi) is 2.60. The smallest absolute Gasteiger partial charge is 0.412 e. The van der Waals surface area contributed by atoms with Gasteiger partial charge in [0.15, 0.2) is 12.4 Å². The first-order valence-corrected chi connectivity index (χ1v) is 3.48. The van der Waals surface area contributed by atoms with Crippen LogP contribution >= 0.6 is 0 Å². The molecule has 0 bridgehead atoms. The van der Waals surface area contributed by atoms with Crippen LogP contribution in [0, 0.1) is 0 Å². The van der Waals surface area contributed by atoms with Gasteiger partial charge >= 0.3 is 6.09 Å². The van der Waals surface area contributed by atoms with Crippen LogP contribution < -0.4 is 4.57 Å². The van der Waals surface area contributed by atoms with Crippen LogP contribution in [0.3, 0.4) is 0 Å². The van der Waals surface area contributed by atoms with Gasteiger partial charge in [-0.05, 0) is 6.92 Å². The third-order valence-electron chi connectivity index (χ3n) is 1.19. The van der Waals surface area contributed by atoms with Crippen molar-refractivity contribution in [3.8, 4) is 0 Å². The molecule has 0 aromatic carbocycles. The molecule has 0 N–H and O–H groups in total. The number of carbonyl (C=O) groups is 1. The van der Waals surface area contributed by atoms with Crippen molar-refractivity contribution < 1.29 is 14.1 Å². The Morgan fingerprint density at radius 2 is 2.00 bits per heavy atom. The van der Waals surface area contributed by atoms with Gasteiger partial charge in [0.05, 0.1) is 6.61 Å². The molecule has 0 spiro atoms. The zero-order valence-electron chi connectivity index (χ0n) is 6.36. The minimum absolute atomic E-state index is 0.340. The topological polar surface area (TPSA) is 30.2 Å². The van der Waals surface area contributed by atoms with Gasteiger partial charge in [0.2, 0.25) is 0 Å². The van der Waals surface area contributed by atoms with Crippen LogP contribution in [0.2, 0.25) is 0 Å². The first kappa shape index (κ1) is 7.72. The van der Waals surface area contributed by atoms with E-state index in [-0.39, 0.29) is 6.09 Å². The molecule has 0 aliphatic heterocycles. The molecule has 1 heterocycles. The van der Waals surface area contributed by atoms with E-state index in [1.165, 1.54) is 4.57 Å². The van der Waals surface area contributed by atoms with Gasteiger partial charge in [-0.3, -0.25) is 0 Å². The lowest BCUT2D eigenvalue weighted by Gasteiger charge is -1.92. The second-order valence-electron chi connectivity index (χ2n) is 1.98. The number of aromatic nitrogens is 1. The van der Waals surface area contributed by atoms with Gasteiger partial charge in [-0.2, -0.15) is 4.79 Å². The number of pyridine rings is 1. The lowest BCUT2D eigenvalue weighted by molar-refractivity contribution is -0.586. The first-order chi connectivity index (χ1) is 5.34. The number of carbonyl (C=O) groups excluding carboxylic acids is 1. The summed E-state index contributed by atoms with van der Waals surface area (Å²) in [6.45, 7) is 2.18. The molecule has 0 unspecified atom stereocenters. The summed E-state index contributed by atoms with van der Waals surface area (Å²) < 4.78 is 6.14. The fourth-order valence-electron chi connectivity index (χ4n) is 0.718. The number of hydrogen-bond donors (Lipinski definition) is 0. The minimum atomic E-state index is -0.340. The van der Waals surface area contributed by atoms with Crippen LogP contribution in [0.15, 0.2) is 30.6 Å². The Balaban J connectivity index is 2.69. The van der Waals surface area contributed by atoms with Crippen molar-refractivity contribution in [3.63, 3.8) is 0 Å². The highest BCUT2D eigenvalue weighted by Crippen LogP contribution is 1.79. The number of nitrogens with zero attached hydrogens (tertiary/aromatic N) is 1. The summed E-state index contributed by atoms with van der Waals surface area (Å²) in [5, 5.41) is 0. The molecule has 0 radical (unpaired) electrons. The Morgan fingerprint density at radius 3 is 2.55 bits per heavy atom. The standard InChI is InChI=1S/C8H10NO2/c1-2-11-8(10)9-6-4-3-5-7-9/h3-7H,2H2,1H3/q+1. The number of hydrogen-bond acceptors (Lipinski definition) is 2. The third kappa shape index (κ3) is 2.04. The highest BCUT2D eigenvalue weighted by Gasteiger charge is 2.12. The molecule has 0 aliphatic carbocycles. The molecule has 0 saturated carbocycles. The quantitative estimate of drug-likeness (QED) is 0.561. The van der Waals surface area contributed by atoms with Crippen molar-refractivity contribution in [3.05, 3.63) is 30.6 Å². The van der Waals surface area contributed by atoms with E-state index < -0.39 is 0 Å². The molecule has 0 amide bonds. The highest BCUT2D eigenvalue weighted by molar-refractivity contribution is 5.56. The monoisotopic (exact) mass is 152 g/mol. The van der Waals surface area contributed by atoms with E-state index >= 15 is 0 Å². The van der Waals surface area contributed by atoms with Gasteiger partial charge < -0.3 is 4.74 Å². The molecule has 1 aromatic heterocycles. The lowest BCUT2D eigenvalue weighted by Crippen LogP contribution is -2.42. The predicted molar refractivity (Wildman–Crippen MR) is 39.1 cm³/mol. The van der Waals surface area contributed by atoms with Gasteiger partial charge in [-0.1, -0.05) is 10.6 Å². The molecule has 0 atom stereocenters. The van der Waals surface area contributed by atoms with Crippen molar-refractivity contribution >= 4 is 6.09 Å². The largest absolute Gasteiger partial charge is 0.601 e. The van der Waals surface area contributed by atoms with E-state index in [9.17, 15) is 4.79 Å². The second-order valence-corrected chi connectivity index (χ2v) is 1.98. The molecule has 0 saturated heterocycles. The first-order valence-electron chi connectivity index (χ1n) is 3.48. The van der Waals surface area contributed by atoms with E-state index in [2.05, 4.69) is 0 Å². The number of rotatable bonds is 1. The van der Waals surface area contributed by atoms with E-state index in [0.717, 1.165) is 0 Å². The minimum Gasteiger partial charge on any atom is -0.412 e. The predicted octanol–water partition coefficient (Wildman–Crippen LogP) is 0.979. The highest BCUT2D eigenvalue weighted by atomic mass is 16.5. The van der Waals surface area contributed by atoms with E-state index in [4.69, 9.17) is 4.74 Å². The maximum atomic E-state index is 11.0. The van der Waals surface area contributed by atoms with E-state index in [0.29, 0.717) is 6.61 Å². The summed E-state index contributed by atoms with van der Waals surface area (Å²) in [5.41, 5.74) is 0. The molecular weight excluding hydrogens is 142 g/mol. The molecule has 58 valence electrons. The molecule has 1 aromatic rings. The van der Waals surface area contributed by atoms with Crippen LogP contribution in [0.5, 0.6) is 0 Å². The molecule has 3 heteroatoms. The Hall–Kier alpha value is -1.38. The van der Waals surface area contributed by atoms with Crippen LogP contribution in [0.1, 0.15) is 6.92 Å². The second kappa shape index (κ2) is 3.71. The van der Waals surface area contributed by atoms with Gasteiger partial charge in [0.25, 0.3) is 0 Å². The van der Waals surface area contributed by atoms with Gasteiger partial charge in [0.1, 0.15) is 0 Å². The molecule has 0 aliphatic rings. The summed E-state index contributed by atoms with van der Waals surface area (Å²) in [5.74, 6) is 0. The average Bonchev–Trinajstić information content (AvgIpc) is 2.07. The summed E-state index contributed by atoms with van der Waals surface area (Å²) in [6.07, 6.45) is 2.96. The van der Waals surface area contributed by atoms with Crippen LogP contribution in [0.4, 0.5) is 4.79 Å². The van der Waals surface area contributed by atoms with Crippen LogP contribution in [0.25, 0.3) is 0 Å². The number of ether oxygens (including phenoxy) is 1. The Bertz CT molecular complexity index is 233. The summed E-state index contributed by atoms with van der Waals surface area (Å²) >= 11 is 0. The van der Waals surface area contributed by atoms with E-state index in [1.807, 2.05) is 6.07 Å². The van der Waals surface area contributed by atoms with Crippen LogP contribution in [-0.2, 0) is 4.74 Å². The summed E-state index contributed by atoms with van der Waals surface area (Å²) in [6, 6.07) is 5.39. The van der Waals surface area contributed by atoms with Crippen molar-refractivity contribution in [1.82, 2.24) is 0 Å².